The third kappa shape index (κ3) is 3.94. The van der Waals surface area contributed by atoms with Crippen molar-refractivity contribution in [2.24, 2.45) is 0 Å². The Morgan fingerprint density at radius 1 is 1.53 bits per heavy atom. The summed E-state index contributed by atoms with van der Waals surface area (Å²) in [6.45, 7) is 3.92. The van der Waals surface area contributed by atoms with Gasteiger partial charge < -0.3 is 15.3 Å². The molecule has 0 aliphatic carbocycles. The van der Waals surface area contributed by atoms with Gasteiger partial charge in [-0.15, -0.1) is 0 Å². The highest BCUT2D eigenvalue weighted by atomic mass is 16.4. The number of nitrogens with zero attached hydrogens (tertiary/aromatic N) is 2. The monoisotopic (exact) mass is 265 g/mol. The number of carboxylic acid groups (broad SMARTS) is 1. The Balaban J connectivity index is 2.60. The zero-order valence-corrected chi connectivity index (χ0v) is 11.4. The molecule has 6 nitrogen and oxygen atoms in total. The molecular weight excluding hydrogens is 246 g/mol. The Hall–Kier alpha value is -2.11. The molecule has 104 valence electrons. The molecule has 0 spiro atoms. The van der Waals surface area contributed by atoms with Crippen LogP contribution in [0.15, 0.2) is 18.3 Å². The van der Waals surface area contributed by atoms with E-state index in [4.69, 9.17) is 5.11 Å². The average Bonchev–Trinajstić information content (AvgIpc) is 2.37. The van der Waals surface area contributed by atoms with Crippen LogP contribution in [-0.2, 0) is 11.3 Å². The first-order valence-corrected chi connectivity index (χ1v) is 6.11. The Morgan fingerprint density at radius 2 is 2.21 bits per heavy atom. The summed E-state index contributed by atoms with van der Waals surface area (Å²) in [4.78, 5) is 28.2. The number of aliphatic carboxylic acids is 1. The minimum absolute atomic E-state index is 0.284. The highest BCUT2D eigenvalue weighted by molar-refractivity contribution is 5.82. The first-order chi connectivity index (χ1) is 8.97. The molecule has 0 bridgehead atoms. The van der Waals surface area contributed by atoms with Gasteiger partial charge in [-0.3, -0.25) is 4.98 Å². The molecule has 1 aromatic heterocycles. The average molecular weight is 265 g/mol. The SMILES string of the molecule is CCC(C(=O)O)N(C)C(=O)NCc1ncccc1C. The summed E-state index contributed by atoms with van der Waals surface area (Å²) < 4.78 is 0. The number of rotatable bonds is 5. The van der Waals surface area contributed by atoms with E-state index in [9.17, 15) is 9.59 Å². The van der Waals surface area contributed by atoms with Crippen LogP contribution in [0.4, 0.5) is 4.79 Å². The zero-order valence-electron chi connectivity index (χ0n) is 11.4. The number of amides is 2. The largest absolute Gasteiger partial charge is 0.480 e. The Bertz CT molecular complexity index is 462. The van der Waals surface area contributed by atoms with Gasteiger partial charge in [0, 0.05) is 13.2 Å². The number of carbonyl (C=O) groups is 2. The Kier molecular flexibility index (Phi) is 5.29. The molecule has 0 radical (unpaired) electrons. The molecule has 0 aliphatic heterocycles. The maximum absolute atomic E-state index is 11.9. The van der Waals surface area contributed by atoms with Crippen LogP contribution in [0, 0.1) is 6.92 Å². The van der Waals surface area contributed by atoms with Gasteiger partial charge in [0.1, 0.15) is 6.04 Å². The van der Waals surface area contributed by atoms with Crippen molar-refractivity contribution < 1.29 is 14.7 Å². The number of carbonyl (C=O) groups excluding carboxylic acids is 1. The standard InChI is InChI=1S/C13H19N3O3/c1-4-11(12(17)18)16(3)13(19)15-8-10-9(2)6-5-7-14-10/h5-7,11H,4,8H2,1-3H3,(H,15,19)(H,17,18). The van der Waals surface area contributed by atoms with Crippen LogP contribution in [0.3, 0.4) is 0 Å². The molecule has 0 aromatic carbocycles. The number of likely N-dealkylation sites (N-methyl/N-ethyl adjacent to an activating group) is 1. The van der Waals surface area contributed by atoms with Crippen LogP contribution < -0.4 is 5.32 Å². The van der Waals surface area contributed by atoms with Gasteiger partial charge in [0.05, 0.1) is 12.2 Å². The highest BCUT2D eigenvalue weighted by Crippen LogP contribution is 2.05. The van der Waals surface area contributed by atoms with Crippen LogP contribution in [0.25, 0.3) is 0 Å². The number of aromatic nitrogens is 1. The maximum Gasteiger partial charge on any atom is 0.326 e. The molecule has 1 aromatic rings. The zero-order chi connectivity index (χ0) is 14.4. The van der Waals surface area contributed by atoms with Crippen LogP contribution in [0.2, 0.25) is 0 Å². The molecule has 6 heteroatoms. The van der Waals surface area contributed by atoms with Crippen molar-refractivity contribution in [1.29, 1.82) is 0 Å². The van der Waals surface area contributed by atoms with Crippen molar-refractivity contribution in [3.63, 3.8) is 0 Å². The fourth-order valence-corrected chi connectivity index (χ4v) is 1.74. The quantitative estimate of drug-likeness (QED) is 0.843. The fraction of sp³-hybridized carbons (Fsp3) is 0.462. The molecule has 2 amide bonds. The van der Waals surface area contributed by atoms with Gasteiger partial charge in [-0.25, -0.2) is 9.59 Å². The van der Waals surface area contributed by atoms with Crippen molar-refractivity contribution in [2.45, 2.75) is 32.9 Å². The smallest absolute Gasteiger partial charge is 0.326 e. The van der Waals surface area contributed by atoms with Crippen LogP contribution in [-0.4, -0.2) is 40.1 Å². The Morgan fingerprint density at radius 3 is 2.74 bits per heavy atom. The predicted molar refractivity (Wildman–Crippen MR) is 70.7 cm³/mol. The summed E-state index contributed by atoms with van der Waals surface area (Å²) in [6.07, 6.45) is 2.02. The van der Waals surface area contributed by atoms with E-state index < -0.39 is 18.0 Å². The van der Waals surface area contributed by atoms with Crippen LogP contribution in [0.5, 0.6) is 0 Å². The first kappa shape index (κ1) is 14.9. The molecule has 0 saturated heterocycles. The molecule has 0 fully saturated rings. The number of hydrogen-bond acceptors (Lipinski definition) is 3. The van der Waals surface area contributed by atoms with E-state index in [2.05, 4.69) is 10.3 Å². The maximum atomic E-state index is 11.9. The second kappa shape index (κ2) is 6.72. The van der Waals surface area contributed by atoms with Gasteiger partial charge in [-0.2, -0.15) is 0 Å². The second-order valence-electron chi connectivity index (χ2n) is 4.30. The lowest BCUT2D eigenvalue weighted by atomic mass is 10.2. The number of hydrogen-bond donors (Lipinski definition) is 2. The third-order valence-electron chi connectivity index (χ3n) is 2.98. The van der Waals surface area contributed by atoms with Gasteiger partial charge in [0.15, 0.2) is 0 Å². The van der Waals surface area contributed by atoms with Crippen molar-refractivity contribution in [2.75, 3.05) is 7.05 Å². The number of urea groups is 1. The summed E-state index contributed by atoms with van der Waals surface area (Å²) in [6, 6.07) is 2.50. The van der Waals surface area contributed by atoms with Gasteiger partial charge in [0.2, 0.25) is 0 Å². The lowest BCUT2D eigenvalue weighted by Crippen LogP contribution is -2.46. The summed E-state index contributed by atoms with van der Waals surface area (Å²) >= 11 is 0. The minimum atomic E-state index is -1.01. The molecule has 19 heavy (non-hydrogen) atoms. The summed E-state index contributed by atoms with van der Waals surface area (Å²) in [5, 5.41) is 11.7. The van der Waals surface area contributed by atoms with Gasteiger partial charge in [-0.1, -0.05) is 13.0 Å². The van der Waals surface area contributed by atoms with E-state index in [0.717, 1.165) is 11.3 Å². The first-order valence-electron chi connectivity index (χ1n) is 6.11. The third-order valence-corrected chi connectivity index (χ3v) is 2.98. The molecule has 1 rings (SSSR count). The van der Waals surface area contributed by atoms with Gasteiger partial charge >= 0.3 is 12.0 Å². The number of nitrogens with one attached hydrogen (secondary N) is 1. The fourth-order valence-electron chi connectivity index (χ4n) is 1.74. The Labute approximate surface area is 112 Å². The predicted octanol–water partition coefficient (Wildman–Crippen LogP) is 1.39. The molecule has 1 atom stereocenters. The molecule has 1 heterocycles. The lowest BCUT2D eigenvalue weighted by Gasteiger charge is -2.24. The van der Waals surface area contributed by atoms with E-state index in [1.807, 2.05) is 19.1 Å². The van der Waals surface area contributed by atoms with Crippen molar-refractivity contribution in [3.8, 4) is 0 Å². The van der Waals surface area contributed by atoms with Crippen LogP contribution >= 0.6 is 0 Å². The molecule has 0 saturated carbocycles. The summed E-state index contributed by atoms with van der Waals surface area (Å²) in [5.74, 6) is -1.01. The highest BCUT2D eigenvalue weighted by Gasteiger charge is 2.24. The topological polar surface area (TPSA) is 82.5 Å². The van der Waals surface area contributed by atoms with E-state index in [1.54, 1.807) is 13.1 Å². The summed E-state index contributed by atoms with van der Waals surface area (Å²) in [7, 11) is 1.48. The number of aryl methyl sites for hydroxylation is 1. The molecule has 2 N–H and O–H groups in total. The van der Waals surface area contributed by atoms with Gasteiger partial charge in [0.25, 0.3) is 0 Å². The number of carboxylic acids is 1. The van der Waals surface area contributed by atoms with E-state index in [1.165, 1.54) is 11.9 Å². The van der Waals surface area contributed by atoms with Crippen molar-refractivity contribution in [1.82, 2.24) is 15.2 Å². The van der Waals surface area contributed by atoms with E-state index >= 15 is 0 Å². The normalized spacial score (nSPS) is 11.7. The second-order valence-corrected chi connectivity index (χ2v) is 4.30. The lowest BCUT2D eigenvalue weighted by molar-refractivity contribution is -0.141. The van der Waals surface area contributed by atoms with Crippen molar-refractivity contribution in [3.05, 3.63) is 29.6 Å². The van der Waals surface area contributed by atoms with E-state index in [-0.39, 0.29) is 6.54 Å². The molecule has 0 aliphatic rings. The van der Waals surface area contributed by atoms with Crippen LogP contribution in [0.1, 0.15) is 24.6 Å². The minimum Gasteiger partial charge on any atom is -0.480 e. The molecule has 1 unspecified atom stereocenters. The van der Waals surface area contributed by atoms with Crippen molar-refractivity contribution >= 4 is 12.0 Å². The molecular formula is C13H19N3O3. The van der Waals surface area contributed by atoms with Gasteiger partial charge in [-0.05, 0) is 25.0 Å². The van der Waals surface area contributed by atoms with E-state index in [0.29, 0.717) is 6.42 Å². The number of pyridine rings is 1. The summed E-state index contributed by atoms with van der Waals surface area (Å²) in [5.41, 5.74) is 1.75.